The average molecular weight is 214 g/mol. The van der Waals surface area contributed by atoms with Crippen molar-refractivity contribution in [3.05, 3.63) is 0 Å². The monoisotopic (exact) mass is 214 g/mol. The highest BCUT2D eigenvalue weighted by Gasteiger charge is 2.35. The van der Waals surface area contributed by atoms with Gasteiger partial charge in [-0.15, -0.1) is 0 Å². The van der Waals surface area contributed by atoms with Gasteiger partial charge in [0.1, 0.15) is 0 Å². The number of nitrogens with zero attached hydrogens (tertiary/aromatic N) is 1. The zero-order valence-electron chi connectivity index (χ0n) is 10.1. The second-order valence-corrected chi connectivity index (χ2v) is 5.48. The lowest BCUT2D eigenvalue weighted by Gasteiger charge is -2.42. The Morgan fingerprint density at radius 2 is 2.00 bits per heavy atom. The zero-order valence-corrected chi connectivity index (χ0v) is 10.1. The third-order valence-electron chi connectivity index (χ3n) is 2.84. The Kier molecular flexibility index (Phi) is 3.60. The molecule has 15 heavy (non-hydrogen) atoms. The third-order valence-corrected chi connectivity index (χ3v) is 2.84. The van der Waals surface area contributed by atoms with Gasteiger partial charge in [-0.2, -0.15) is 0 Å². The second-order valence-electron chi connectivity index (χ2n) is 5.48. The van der Waals surface area contributed by atoms with Gasteiger partial charge in [0.25, 0.3) is 0 Å². The van der Waals surface area contributed by atoms with Crippen molar-refractivity contribution in [3.8, 4) is 0 Å². The van der Waals surface area contributed by atoms with E-state index in [4.69, 9.17) is 0 Å². The van der Waals surface area contributed by atoms with Crippen LogP contribution in [0.25, 0.3) is 0 Å². The molecule has 0 radical (unpaired) electrons. The van der Waals surface area contributed by atoms with E-state index in [1.165, 1.54) is 0 Å². The van der Waals surface area contributed by atoms with E-state index in [-0.39, 0.29) is 11.6 Å². The molecule has 0 aliphatic carbocycles. The molecule has 2 atom stereocenters. The number of carbonyl (C=O) groups is 1. The molecule has 0 unspecified atom stereocenters. The van der Waals surface area contributed by atoms with E-state index >= 15 is 0 Å². The molecule has 0 aromatic heterocycles. The lowest BCUT2D eigenvalue weighted by molar-refractivity contribution is 0.0544. The molecule has 2 N–H and O–H groups in total. The fourth-order valence-electron chi connectivity index (χ4n) is 2.32. The predicted octanol–water partition coefficient (Wildman–Crippen LogP) is 1.76. The fraction of sp³-hybridized carbons (Fsp3) is 0.909. The number of nitrogens with one attached hydrogen (secondary N) is 1. The van der Waals surface area contributed by atoms with Crippen LogP contribution in [-0.4, -0.2) is 40.8 Å². The predicted molar refractivity (Wildman–Crippen MR) is 60.1 cm³/mol. The lowest BCUT2D eigenvalue weighted by Crippen LogP contribution is -2.57. The minimum atomic E-state index is -0.816. The van der Waals surface area contributed by atoms with E-state index in [1.54, 1.807) is 4.90 Å². The standard InChI is InChI=1S/C11H22N2O2/c1-8-5-9(7-12-6-8)13(10(14)15)11(2,3)4/h8-9,12H,5-7H2,1-4H3,(H,14,15)/t8-,9+/m1/s1. The van der Waals surface area contributed by atoms with Crippen molar-refractivity contribution in [2.75, 3.05) is 13.1 Å². The van der Waals surface area contributed by atoms with Crippen molar-refractivity contribution in [1.29, 1.82) is 0 Å². The van der Waals surface area contributed by atoms with Crippen LogP contribution in [0, 0.1) is 5.92 Å². The normalized spacial score (nSPS) is 27.5. The Morgan fingerprint density at radius 1 is 1.40 bits per heavy atom. The molecule has 88 valence electrons. The summed E-state index contributed by atoms with van der Waals surface area (Å²) >= 11 is 0. The smallest absolute Gasteiger partial charge is 0.408 e. The highest BCUT2D eigenvalue weighted by Crippen LogP contribution is 2.23. The van der Waals surface area contributed by atoms with Crippen molar-refractivity contribution in [1.82, 2.24) is 10.2 Å². The largest absolute Gasteiger partial charge is 0.465 e. The molecule has 1 rings (SSSR count). The Morgan fingerprint density at radius 3 is 2.40 bits per heavy atom. The van der Waals surface area contributed by atoms with E-state index in [2.05, 4.69) is 12.2 Å². The highest BCUT2D eigenvalue weighted by molar-refractivity contribution is 5.66. The first-order valence-electron chi connectivity index (χ1n) is 5.55. The molecule has 0 saturated carbocycles. The first-order chi connectivity index (χ1) is 6.82. The van der Waals surface area contributed by atoms with Gasteiger partial charge in [0.2, 0.25) is 0 Å². The topological polar surface area (TPSA) is 52.6 Å². The van der Waals surface area contributed by atoms with E-state index in [1.807, 2.05) is 20.8 Å². The van der Waals surface area contributed by atoms with E-state index < -0.39 is 6.09 Å². The van der Waals surface area contributed by atoms with Crippen LogP contribution in [0.3, 0.4) is 0 Å². The quantitative estimate of drug-likeness (QED) is 0.699. The van der Waals surface area contributed by atoms with Crippen LogP contribution in [0.2, 0.25) is 0 Å². The van der Waals surface area contributed by atoms with Crippen molar-refractivity contribution in [2.24, 2.45) is 5.92 Å². The van der Waals surface area contributed by atoms with Gasteiger partial charge in [-0.1, -0.05) is 6.92 Å². The van der Waals surface area contributed by atoms with E-state index in [0.29, 0.717) is 5.92 Å². The molecule has 1 heterocycles. The summed E-state index contributed by atoms with van der Waals surface area (Å²) in [6, 6.07) is 0.103. The Bertz CT molecular complexity index is 235. The summed E-state index contributed by atoms with van der Waals surface area (Å²) in [6.45, 7) is 9.75. The Balaban J connectivity index is 2.76. The third kappa shape index (κ3) is 3.09. The van der Waals surface area contributed by atoms with Gasteiger partial charge in [-0.25, -0.2) is 4.79 Å². The Hall–Kier alpha value is -0.770. The molecule has 4 nitrogen and oxygen atoms in total. The van der Waals surface area contributed by atoms with Gasteiger partial charge >= 0.3 is 6.09 Å². The number of hydrogen-bond donors (Lipinski definition) is 2. The van der Waals surface area contributed by atoms with Gasteiger partial charge in [0.05, 0.1) is 0 Å². The van der Waals surface area contributed by atoms with Crippen LogP contribution in [0.1, 0.15) is 34.1 Å². The second kappa shape index (κ2) is 4.39. The minimum Gasteiger partial charge on any atom is -0.465 e. The van der Waals surface area contributed by atoms with Crippen LogP contribution < -0.4 is 5.32 Å². The zero-order chi connectivity index (χ0) is 11.6. The highest BCUT2D eigenvalue weighted by atomic mass is 16.4. The average Bonchev–Trinajstić information content (AvgIpc) is 1.99. The minimum absolute atomic E-state index is 0.103. The molecule has 4 heteroatoms. The van der Waals surface area contributed by atoms with Crippen LogP contribution >= 0.6 is 0 Å². The molecule has 0 bridgehead atoms. The van der Waals surface area contributed by atoms with Gasteiger partial charge in [-0.05, 0) is 39.7 Å². The molecular formula is C11H22N2O2. The summed E-state index contributed by atoms with van der Waals surface area (Å²) in [4.78, 5) is 12.8. The van der Waals surface area contributed by atoms with Gasteiger partial charge in [0, 0.05) is 18.1 Å². The van der Waals surface area contributed by atoms with Gasteiger partial charge in [0.15, 0.2) is 0 Å². The Labute approximate surface area is 91.6 Å². The maximum atomic E-state index is 11.3. The fourth-order valence-corrected chi connectivity index (χ4v) is 2.32. The van der Waals surface area contributed by atoms with Crippen molar-refractivity contribution in [2.45, 2.75) is 45.7 Å². The molecule has 1 saturated heterocycles. The molecular weight excluding hydrogens is 192 g/mol. The van der Waals surface area contributed by atoms with Gasteiger partial charge < -0.3 is 10.4 Å². The first kappa shape index (κ1) is 12.3. The van der Waals surface area contributed by atoms with Crippen molar-refractivity contribution < 1.29 is 9.90 Å². The molecule has 1 aliphatic rings. The first-order valence-corrected chi connectivity index (χ1v) is 5.55. The lowest BCUT2D eigenvalue weighted by atomic mass is 9.93. The maximum Gasteiger partial charge on any atom is 0.408 e. The molecule has 1 fully saturated rings. The number of piperidine rings is 1. The van der Waals surface area contributed by atoms with Crippen molar-refractivity contribution in [3.63, 3.8) is 0 Å². The molecule has 1 aliphatic heterocycles. The molecule has 1 amide bonds. The summed E-state index contributed by atoms with van der Waals surface area (Å²) in [5, 5.41) is 12.5. The van der Waals surface area contributed by atoms with Gasteiger partial charge in [-0.3, -0.25) is 4.90 Å². The SMILES string of the molecule is C[C@H]1CNC[C@@H](N(C(=O)O)C(C)(C)C)C1. The van der Waals surface area contributed by atoms with Crippen molar-refractivity contribution >= 4 is 6.09 Å². The summed E-state index contributed by atoms with van der Waals surface area (Å²) < 4.78 is 0. The van der Waals surface area contributed by atoms with Crippen LogP contribution in [0.5, 0.6) is 0 Å². The van der Waals surface area contributed by atoms with Crippen LogP contribution in [-0.2, 0) is 0 Å². The molecule has 0 spiro atoms. The summed E-state index contributed by atoms with van der Waals surface area (Å²) in [7, 11) is 0. The van der Waals surface area contributed by atoms with Crippen LogP contribution in [0.4, 0.5) is 4.79 Å². The number of rotatable bonds is 1. The van der Waals surface area contributed by atoms with E-state index in [0.717, 1.165) is 19.5 Å². The summed E-state index contributed by atoms with van der Waals surface area (Å²) in [6.07, 6.45) is 0.139. The molecule has 0 aromatic carbocycles. The summed E-state index contributed by atoms with van der Waals surface area (Å²) in [5.41, 5.74) is -0.324. The number of carboxylic acid groups (broad SMARTS) is 1. The number of hydrogen-bond acceptors (Lipinski definition) is 2. The summed E-state index contributed by atoms with van der Waals surface area (Å²) in [5.74, 6) is 0.549. The molecule has 0 aromatic rings. The van der Waals surface area contributed by atoms with Crippen LogP contribution in [0.15, 0.2) is 0 Å². The number of amides is 1. The maximum absolute atomic E-state index is 11.3. The van der Waals surface area contributed by atoms with E-state index in [9.17, 15) is 9.90 Å².